The van der Waals surface area contributed by atoms with Gasteiger partial charge in [-0.15, -0.1) is 0 Å². The number of fused-ring (bicyclic) bond motifs is 2. The van der Waals surface area contributed by atoms with Crippen molar-refractivity contribution >= 4 is 5.97 Å². The van der Waals surface area contributed by atoms with Gasteiger partial charge < -0.3 is 33.3 Å². The molecule has 2 aromatic rings. The van der Waals surface area contributed by atoms with E-state index in [2.05, 4.69) is 14.1 Å². The van der Waals surface area contributed by atoms with Crippen LogP contribution in [0.4, 0.5) is 0 Å². The summed E-state index contributed by atoms with van der Waals surface area (Å²) in [6, 6.07) is 10.7. The number of quaternary nitrogens is 1. The molecule has 4 rings (SSSR count). The summed E-state index contributed by atoms with van der Waals surface area (Å²) in [5, 5.41) is 12.1. The molecule has 2 heterocycles. The standard InChI is InChI=1S/C27H36NO7/c1-28(2)19-9-10-20(28)16-21(15-19)35-26(29)27(30,17-7-11-22(31-3)24(13-17)33-5)18-8-12-23(32-4)25(14-18)34-6/h7-8,11-14,19-21,30H,9-10,15-16H2,1-6H3/q+1/t19-,20?,21?/m1/s1. The molecule has 0 saturated carbocycles. The number of aliphatic hydroxyl groups is 1. The van der Waals surface area contributed by atoms with E-state index in [1.54, 1.807) is 36.4 Å². The van der Waals surface area contributed by atoms with Crippen LogP contribution in [0.1, 0.15) is 36.8 Å². The topological polar surface area (TPSA) is 83.5 Å². The molecule has 1 N–H and O–H groups in total. The zero-order valence-electron chi connectivity index (χ0n) is 21.4. The number of ether oxygens (including phenoxy) is 5. The molecule has 0 amide bonds. The Morgan fingerprint density at radius 2 is 1.23 bits per heavy atom. The Morgan fingerprint density at radius 3 is 1.63 bits per heavy atom. The molecule has 8 nitrogen and oxygen atoms in total. The third-order valence-corrected chi connectivity index (χ3v) is 7.96. The normalized spacial score (nSPS) is 22.9. The molecule has 3 atom stereocenters. The number of esters is 1. The molecule has 8 heteroatoms. The predicted octanol–water partition coefficient (Wildman–Crippen LogP) is 3.27. The van der Waals surface area contributed by atoms with Crippen molar-refractivity contribution < 1.29 is 38.1 Å². The lowest BCUT2D eigenvalue weighted by Gasteiger charge is -2.44. The van der Waals surface area contributed by atoms with Gasteiger partial charge in [-0.1, -0.05) is 12.1 Å². The Hall–Kier alpha value is -2.97. The van der Waals surface area contributed by atoms with Crippen molar-refractivity contribution in [3.63, 3.8) is 0 Å². The number of carbonyl (C=O) groups is 1. The summed E-state index contributed by atoms with van der Waals surface area (Å²) in [6.07, 6.45) is 3.56. The van der Waals surface area contributed by atoms with E-state index in [0.29, 0.717) is 46.2 Å². The SMILES string of the molecule is COc1ccc(C(O)(C(=O)OC2CC3CC[C@H](C2)[N+]3(C)C)c2ccc(OC)c(OC)c2)cc1OC. The van der Waals surface area contributed by atoms with Crippen LogP contribution in [0.5, 0.6) is 23.0 Å². The summed E-state index contributed by atoms with van der Waals surface area (Å²) in [4.78, 5) is 13.8. The van der Waals surface area contributed by atoms with Crippen LogP contribution in [0.15, 0.2) is 36.4 Å². The third-order valence-electron chi connectivity index (χ3n) is 7.96. The second-order valence-electron chi connectivity index (χ2n) is 9.86. The smallest absolute Gasteiger partial charge is 0.347 e. The van der Waals surface area contributed by atoms with Crippen LogP contribution in [0.2, 0.25) is 0 Å². The Kier molecular flexibility index (Phi) is 6.88. The van der Waals surface area contributed by atoms with E-state index >= 15 is 0 Å². The molecule has 2 saturated heterocycles. The lowest BCUT2D eigenvalue weighted by molar-refractivity contribution is -0.931. The van der Waals surface area contributed by atoms with Crippen LogP contribution < -0.4 is 18.9 Å². The van der Waals surface area contributed by atoms with Gasteiger partial charge in [0.2, 0.25) is 5.60 Å². The maximum atomic E-state index is 13.8. The zero-order chi connectivity index (χ0) is 25.4. The molecule has 35 heavy (non-hydrogen) atoms. The highest BCUT2D eigenvalue weighted by Crippen LogP contribution is 2.43. The minimum Gasteiger partial charge on any atom is -0.493 e. The Balaban J connectivity index is 1.74. The molecule has 0 radical (unpaired) electrons. The highest BCUT2D eigenvalue weighted by Gasteiger charge is 2.51. The van der Waals surface area contributed by atoms with Gasteiger partial charge in [-0.3, -0.25) is 0 Å². The predicted molar refractivity (Wildman–Crippen MR) is 130 cm³/mol. The largest absolute Gasteiger partial charge is 0.493 e. The van der Waals surface area contributed by atoms with E-state index in [9.17, 15) is 9.90 Å². The minimum absolute atomic E-state index is 0.252. The van der Waals surface area contributed by atoms with Crippen molar-refractivity contribution in [2.45, 2.75) is 49.5 Å². The summed E-state index contributed by atoms with van der Waals surface area (Å²) in [5.41, 5.74) is -1.48. The van der Waals surface area contributed by atoms with Gasteiger partial charge in [0.25, 0.3) is 0 Å². The van der Waals surface area contributed by atoms with Gasteiger partial charge in [-0.05, 0) is 24.3 Å². The van der Waals surface area contributed by atoms with E-state index in [0.717, 1.165) is 30.2 Å². The average Bonchev–Trinajstić information content (AvgIpc) is 3.02. The maximum Gasteiger partial charge on any atom is 0.347 e. The van der Waals surface area contributed by atoms with Crippen LogP contribution in [0, 0.1) is 0 Å². The molecular weight excluding hydrogens is 450 g/mol. The summed E-state index contributed by atoms with van der Waals surface area (Å²) in [5.74, 6) is 1.04. The fourth-order valence-corrected chi connectivity index (χ4v) is 5.69. The van der Waals surface area contributed by atoms with Gasteiger partial charge in [0.1, 0.15) is 6.10 Å². The van der Waals surface area contributed by atoms with E-state index in [1.807, 2.05) is 0 Å². The van der Waals surface area contributed by atoms with Gasteiger partial charge >= 0.3 is 5.97 Å². The third kappa shape index (κ3) is 4.29. The number of nitrogens with zero attached hydrogens (tertiary/aromatic N) is 1. The summed E-state index contributed by atoms with van der Waals surface area (Å²) < 4.78 is 28.6. The monoisotopic (exact) mass is 486 g/mol. The summed E-state index contributed by atoms with van der Waals surface area (Å²) in [6.45, 7) is 0. The van der Waals surface area contributed by atoms with Crippen molar-refractivity contribution in [3.8, 4) is 23.0 Å². The Labute approximate surface area is 206 Å². The van der Waals surface area contributed by atoms with Crippen LogP contribution in [-0.4, -0.2) is 76.3 Å². The second kappa shape index (κ2) is 9.59. The van der Waals surface area contributed by atoms with Crippen LogP contribution in [-0.2, 0) is 15.1 Å². The first-order valence-corrected chi connectivity index (χ1v) is 11.9. The summed E-state index contributed by atoms with van der Waals surface area (Å²) in [7, 11) is 10.6. The highest BCUT2D eigenvalue weighted by atomic mass is 16.6. The zero-order valence-corrected chi connectivity index (χ0v) is 21.4. The molecular formula is C27H36NO7+. The van der Waals surface area contributed by atoms with Crippen molar-refractivity contribution in [1.82, 2.24) is 0 Å². The average molecular weight is 487 g/mol. The van der Waals surface area contributed by atoms with Crippen LogP contribution in [0.3, 0.4) is 0 Å². The molecule has 2 bridgehead atoms. The minimum atomic E-state index is -2.10. The van der Waals surface area contributed by atoms with Crippen molar-refractivity contribution in [2.75, 3.05) is 42.5 Å². The van der Waals surface area contributed by atoms with Crippen molar-refractivity contribution in [3.05, 3.63) is 47.5 Å². The van der Waals surface area contributed by atoms with E-state index in [4.69, 9.17) is 23.7 Å². The fraction of sp³-hybridized carbons (Fsp3) is 0.519. The number of hydrogen-bond donors (Lipinski definition) is 1. The molecule has 2 unspecified atom stereocenters. The molecule has 2 aliphatic heterocycles. The van der Waals surface area contributed by atoms with Gasteiger partial charge in [0, 0.05) is 36.8 Å². The van der Waals surface area contributed by atoms with Crippen molar-refractivity contribution in [1.29, 1.82) is 0 Å². The van der Waals surface area contributed by atoms with Crippen LogP contribution in [0.25, 0.3) is 0 Å². The lowest BCUT2D eigenvalue weighted by atomic mass is 9.85. The Morgan fingerprint density at radius 1 is 0.800 bits per heavy atom. The highest BCUT2D eigenvalue weighted by molar-refractivity contribution is 5.86. The number of rotatable bonds is 8. The first-order chi connectivity index (χ1) is 16.7. The quantitative estimate of drug-likeness (QED) is 0.453. The molecule has 2 aromatic carbocycles. The van der Waals surface area contributed by atoms with Gasteiger partial charge in [-0.25, -0.2) is 4.79 Å². The maximum absolute atomic E-state index is 13.8. The molecule has 0 spiro atoms. The van der Waals surface area contributed by atoms with E-state index < -0.39 is 11.6 Å². The second-order valence-corrected chi connectivity index (χ2v) is 9.86. The number of benzene rings is 2. The fourth-order valence-electron chi connectivity index (χ4n) is 5.69. The van der Waals surface area contributed by atoms with Gasteiger partial charge in [0.05, 0.1) is 54.6 Å². The van der Waals surface area contributed by atoms with Gasteiger partial charge in [-0.2, -0.15) is 0 Å². The van der Waals surface area contributed by atoms with E-state index in [1.165, 1.54) is 28.4 Å². The number of hydrogen-bond acceptors (Lipinski definition) is 7. The molecule has 2 aliphatic rings. The van der Waals surface area contributed by atoms with Crippen molar-refractivity contribution in [2.24, 2.45) is 0 Å². The first-order valence-electron chi connectivity index (χ1n) is 11.9. The van der Waals surface area contributed by atoms with E-state index in [-0.39, 0.29) is 6.10 Å². The first kappa shape index (κ1) is 25.1. The molecule has 190 valence electrons. The number of methoxy groups -OCH3 is 4. The van der Waals surface area contributed by atoms with Gasteiger partial charge in [0.15, 0.2) is 23.0 Å². The summed E-state index contributed by atoms with van der Waals surface area (Å²) >= 11 is 0. The Bertz CT molecular complexity index is 1010. The molecule has 0 aromatic heterocycles. The molecule has 2 fully saturated rings. The lowest BCUT2D eigenvalue weighted by Crippen LogP contribution is -2.56. The number of piperidine rings is 1. The number of carbonyl (C=O) groups excluding carboxylic acids is 1. The molecule has 0 aliphatic carbocycles. The van der Waals surface area contributed by atoms with Crippen LogP contribution >= 0.6 is 0 Å².